The molecule has 4 rings (SSSR count). The molecule has 0 aliphatic heterocycles. The molecule has 0 aromatic heterocycles. The van der Waals surface area contributed by atoms with E-state index < -0.39 is 5.41 Å². The lowest BCUT2D eigenvalue weighted by atomic mass is 9.66. The Morgan fingerprint density at radius 1 is 0.929 bits per heavy atom. The zero-order valence-electron chi connectivity index (χ0n) is 16.3. The van der Waals surface area contributed by atoms with E-state index in [1.807, 2.05) is 13.0 Å². The first-order chi connectivity index (χ1) is 13.6. The van der Waals surface area contributed by atoms with Crippen molar-refractivity contribution in [2.24, 2.45) is 5.73 Å². The zero-order chi connectivity index (χ0) is 19.7. The van der Waals surface area contributed by atoms with E-state index in [1.165, 1.54) is 22.3 Å². The molecule has 2 aliphatic carbocycles. The maximum Gasteiger partial charge on any atom is 0.0704 e. The van der Waals surface area contributed by atoms with Gasteiger partial charge in [-0.25, -0.2) is 0 Å². The topological polar surface area (TPSA) is 26.0 Å². The van der Waals surface area contributed by atoms with Crippen molar-refractivity contribution in [1.82, 2.24) is 0 Å². The summed E-state index contributed by atoms with van der Waals surface area (Å²) in [5, 5.41) is 0. The maximum absolute atomic E-state index is 6.22. The van der Waals surface area contributed by atoms with Crippen molar-refractivity contribution in [2.75, 3.05) is 0 Å². The van der Waals surface area contributed by atoms with Crippen LogP contribution < -0.4 is 5.73 Å². The van der Waals surface area contributed by atoms with Gasteiger partial charge in [-0.1, -0.05) is 97.6 Å². The summed E-state index contributed by atoms with van der Waals surface area (Å²) in [6, 6.07) is 21.3. The largest absolute Gasteiger partial charge is 0.399 e. The molecule has 0 saturated heterocycles. The predicted molar refractivity (Wildman–Crippen MR) is 119 cm³/mol. The average molecular weight is 364 g/mol. The Morgan fingerprint density at radius 2 is 1.50 bits per heavy atom. The summed E-state index contributed by atoms with van der Waals surface area (Å²) in [7, 11) is 0. The second-order valence-electron chi connectivity index (χ2n) is 7.37. The lowest BCUT2D eigenvalue weighted by molar-refractivity contribution is 0.758. The van der Waals surface area contributed by atoms with Gasteiger partial charge in [0.05, 0.1) is 5.41 Å². The number of allylic oxidation sites excluding steroid dienone is 9. The summed E-state index contributed by atoms with van der Waals surface area (Å²) in [6.45, 7) is 10.8. The zero-order valence-corrected chi connectivity index (χ0v) is 16.3. The van der Waals surface area contributed by atoms with Crippen LogP contribution in [0.1, 0.15) is 24.5 Å². The number of hydrogen-bond acceptors (Lipinski definition) is 1. The van der Waals surface area contributed by atoms with Gasteiger partial charge in [0.25, 0.3) is 0 Å². The standard InChI is InChI=1S/C27H25N/c1-4-23(28)18-24-20(3)27(21-11-7-5-8-12-21,22-13-9-6-10-14-22)26-16-15-19(2)17-25(24)26/h4-16,18H,2-3,17,28H2,1H3/b23-4+,24-18+. The van der Waals surface area contributed by atoms with Crippen LogP contribution in [0, 0.1) is 0 Å². The summed E-state index contributed by atoms with van der Waals surface area (Å²) in [5.41, 5.74) is 14.8. The Morgan fingerprint density at radius 3 is 2.04 bits per heavy atom. The highest BCUT2D eigenvalue weighted by atomic mass is 14.6. The van der Waals surface area contributed by atoms with E-state index in [9.17, 15) is 0 Å². The molecule has 0 spiro atoms. The first kappa shape index (κ1) is 18.1. The van der Waals surface area contributed by atoms with Gasteiger partial charge in [0, 0.05) is 5.70 Å². The molecule has 0 fully saturated rings. The van der Waals surface area contributed by atoms with Crippen LogP contribution in [-0.4, -0.2) is 0 Å². The van der Waals surface area contributed by atoms with Gasteiger partial charge in [0.15, 0.2) is 0 Å². The normalized spacial score (nSPS) is 20.0. The SMILES string of the molecule is C=C1C=CC2=C(C1)/C(=C/C(N)=C\C)C(=C)C2(c1ccccc1)c1ccccc1. The fourth-order valence-electron chi connectivity index (χ4n) is 4.45. The summed E-state index contributed by atoms with van der Waals surface area (Å²) >= 11 is 0. The van der Waals surface area contributed by atoms with Crippen LogP contribution >= 0.6 is 0 Å². The van der Waals surface area contributed by atoms with Gasteiger partial charge in [-0.3, -0.25) is 0 Å². The van der Waals surface area contributed by atoms with E-state index in [4.69, 9.17) is 5.73 Å². The van der Waals surface area contributed by atoms with Gasteiger partial charge >= 0.3 is 0 Å². The van der Waals surface area contributed by atoms with E-state index in [-0.39, 0.29) is 0 Å². The second kappa shape index (κ2) is 7.01. The lowest BCUT2D eigenvalue weighted by Gasteiger charge is -2.35. The molecule has 1 heteroatoms. The minimum atomic E-state index is -0.422. The molecule has 0 radical (unpaired) electrons. The molecule has 2 N–H and O–H groups in total. The van der Waals surface area contributed by atoms with Crippen LogP contribution in [-0.2, 0) is 5.41 Å². The summed E-state index contributed by atoms with van der Waals surface area (Å²) in [4.78, 5) is 0. The molecule has 0 heterocycles. The molecule has 28 heavy (non-hydrogen) atoms. The first-order valence-corrected chi connectivity index (χ1v) is 9.63. The third-order valence-corrected chi connectivity index (χ3v) is 5.78. The van der Waals surface area contributed by atoms with Crippen molar-refractivity contribution < 1.29 is 0 Å². The van der Waals surface area contributed by atoms with E-state index in [1.54, 1.807) is 0 Å². The highest BCUT2D eigenvalue weighted by molar-refractivity contribution is 5.77. The summed E-state index contributed by atoms with van der Waals surface area (Å²) in [6.07, 6.45) is 9.17. The van der Waals surface area contributed by atoms with Crippen LogP contribution in [0.2, 0.25) is 0 Å². The predicted octanol–water partition coefficient (Wildman–Crippen LogP) is 6.14. The Labute approximate surface area is 167 Å². The van der Waals surface area contributed by atoms with Crippen LogP contribution in [0.3, 0.4) is 0 Å². The van der Waals surface area contributed by atoms with E-state index in [2.05, 4.69) is 92.0 Å². The van der Waals surface area contributed by atoms with Crippen LogP contribution in [0.25, 0.3) is 0 Å². The first-order valence-electron chi connectivity index (χ1n) is 9.63. The Kier molecular flexibility index (Phi) is 4.52. The quantitative estimate of drug-likeness (QED) is 0.696. The summed E-state index contributed by atoms with van der Waals surface area (Å²) in [5.74, 6) is 0. The van der Waals surface area contributed by atoms with Crippen LogP contribution in [0.15, 0.2) is 132 Å². The number of nitrogens with two attached hydrogens (primary N) is 1. The minimum absolute atomic E-state index is 0.422. The molecule has 2 aromatic carbocycles. The van der Waals surface area contributed by atoms with Gasteiger partial charge in [0.2, 0.25) is 0 Å². The molecular weight excluding hydrogens is 338 g/mol. The third-order valence-electron chi connectivity index (χ3n) is 5.78. The average Bonchev–Trinajstić information content (AvgIpc) is 2.97. The van der Waals surface area contributed by atoms with Gasteiger partial charge in [0.1, 0.15) is 0 Å². The highest BCUT2D eigenvalue weighted by Gasteiger charge is 2.48. The smallest absolute Gasteiger partial charge is 0.0704 e. The number of benzene rings is 2. The molecular formula is C27H25N. The molecule has 2 aromatic rings. The molecule has 1 nitrogen and oxygen atoms in total. The van der Waals surface area contributed by atoms with Crippen molar-refractivity contribution >= 4 is 0 Å². The van der Waals surface area contributed by atoms with Crippen LogP contribution in [0.4, 0.5) is 0 Å². The monoisotopic (exact) mass is 363 g/mol. The van der Waals surface area contributed by atoms with Gasteiger partial charge in [-0.15, -0.1) is 0 Å². The van der Waals surface area contributed by atoms with Crippen molar-refractivity contribution in [3.05, 3.63) is 143 Å². The lowest BCUT2D eigenvalue weighted by Crippen LogP contribution is -2.29. The molecule has 0 atom stereocenters. The number of hydrogen-bond donors (Lipinski definition) is 1. The van der Waals surface area contributed by atoms with Crippen molar-refractivity contribution in [1.29, 1.82) is 0 Å². The number of rotatable bonds is 3. The highest BCUT2D eigenvalue weighted by Crippen LogP contribution is 2.57. The van der Waals surface area contributed by atoms with E-state index >= 15 is 0 Å². The molecule has 138 valence electrons. The molecule has 2 aliphatic rings. The van der Waals surface area contributed by atoms with E-state index in [0.717, 1.165) is 28.8 Å². The van der Waals surface area contributed by atoms with Gasteiger partial charge in [-0.05, 0) is 52.8 Å². The van der Waals surface area contributed by atoms with Crippen LogP contribution in [0.5, 0.6) is 0 Å². The molecule has 0 amide bonds. The fraction of sp³-hybridized carbons (Fsp3) is 0.111. The molecule has 0 bridgehead atoms. The Bertz CT molecular complexity index is 1020. The van der Waals surface area contributed by atoms with Crippen molar-refractivity contribution in [2.45, 2.75) is 18.8 Å². The fourth-order valence-corrected chi connectivity index (χ4v) is 4.45. The van der Waals surface area contributed by atoms with E-state index in [0.29, 0.717) is 0 Å². The minimum Gasteiger partial charge on any atom is -0.399 e. The maximum atomic E-state index is 6.22. The van der Waals surface area contributed by atoms with Crippen molar-refractivity contribution in [3.8, 4) is 0 Å². The third kappa shape index (κ3) is 2.63. The summed E-state index contributed by atoms with van der Waals surface area (Å²) < 4.78 is 0. The molecule has 0 saturated carbocycles. The Hall–Kier alpha value is -3.32. The Balaban J connectivity index is 2.09. The van der Waals surface area contributed by atoms with Gasteiger partial charge < -0.3 is 5.73 Å². The molecule has 0 unspecified atom stereocenters. The van der Waals surface area contributed by atoms with Gasteiger partial charge in [-0.2, -0.15) is 0 Å². The van der Waals surface area contributed by atoms with Crippen molar-refractivity contribution in [3.63, 3.8) is 0 Å². The second-order valence-corrected chi connectivity index (χ2v) is 7.37.